The Morgan fingerprint density at radius 1 is 1.10 bits per heavy atom. The number of benzene rings is 1. The maximum atomic E-state index is 14.2. The number of nitriles is 1. The molecule has 2 aliphatic carbocycles. The molecule has 4 amide bonds. The molecule has 2 aliphatic heterocycles. The van der Waals surface area contributed by atoms with Gasteiger partial charge in [0.1, 0.15) is 17.5 Å². The van der Waals surface area contributed by atoms with E-state index >= 15 is 0 Å². The zero-order valence-electron chi connectivity index (χ0n) is 24.9. The maximum absolute atomic E-state index is 14.2. The smallest absolute Gasteiger partial charge is 0.246 e. The van der Waals surface area contributed by atoms with Crippen LogP contribution in [0.5, 0.6) is 0 Å². The second-order valence-electron chi connectivity index (χ2n) is 12.9. The molecule has 0 radical (unpaired) electrons. The molecule has 1 saturated carbocycles. The van der Waals surface area contributed by atoms with E-state index in [1.165, 1.54) is 4.90 Å². The van der Waals surface area contributed by atoms with Gasteiger partial charge in [-0.15, -0.1) is 0 Å². The van der Waals surface area contributed by atoms with E-state index in [1.54, 1.807) is 0 Å². The zero-order valence-corrected chi connectivity index (χ0v) is 24.9. The number of nitrogens with one attached hydrogen (secondary N) is 3. The molecular formula is C33H41N5O4. The normalized spacial score (nSPS) is 28.0. The average molecular weight is 572 g/mol. The third kappa shape index (κ3) is 5.01. The molecule has 2 heterocycles. The first kappa shape index (κ1) is 29.6. The van der Waals surface area contributed by atoms with Gasteiger partial charge in [0, 0.05) is 18.2 Å². The van der Waals surface area contributed by atoms with Crippen LogP contribution in [0.1, 0.15) is 63.5 Å². The van der Waals surface area contributed by atoms with Crippen LogP contribution in [0.4, 0.5) is 5.69 Å². The van der Waals surface area contributed by atoms with Gasteiger partial charge in [-0.2, -0.15) is 5.26 Å². The van der Waals surface area contributed by atoms with Crippen molar-refractivity contribution in [2.24, 2.45) is 22.7 Å². The fourth-order valence-electron chi connectivity index (χ4n) is 7.38. The number of hydrogen-bond acceptors (Lipinski definition) is 5. The lowest BCUT2D eigenvalue weighted by Crippen LogP contribution is -2.56. The van der Waals surface area contributed by atoms with Crippen LogP contribution in [0, 0.1) is 47.8 Å². The van der Waals surface area contributed by atoms with Crippen LogP contribution in [0.2, 0.25) is 0 Å². The van der Waals surface area contributed by atoms with Crippen molar-refractivity contribution in [2.75, 3.05) is 11.9 Å². The van der Waals surface area contributed by atoms with E-state index in [0.29, 0.717) is 24.9 Å². The number of likely N-dealkylation sites (tertiary alicyclic amines) is 1. The predicted molar refractivity (Wildman–Crippen MR) is 159 cm³/mol. The SMILES string of the molecule is Cc1cccc(C)c1NC(=O)C1(C(=O)N[C@@H](CC(C)C)C(=O)N2C[C@]3(C[C@H]2C#N)C(=O)NC2C=CC=CC23)CCCC1. The third-order valence-corrected chi connectivity index (χ3v) is 9.70. The van der Waals surface area contributed by atoms with E-state index in [9.17, 15) is 24.4 Å². The number of nitrogens with zero attached hydrogens (tertiary/aromatic N) is 2. The summed E-state index contributed by atoms with van der Waals surface area (Å²) >= 11 is 0. The fraction of sp³-hybridized carbons (Fsp3) is 0.545. The monoisotopic (exact) mass is 571 g/mol. The Labute approximate surface area is 247 Å². The molecule has 9 nitrogen and oxygen atoms in total. The minimum absolute atomic E-state index is 0.0601. The van der Waals surface area contributed by atoms with Crippen LogP contribution in [-0.4, -0.2) is 53.2 Å². The summed E-state index contributed by atoms with van der Waals surface area (Å²) in [7, 11) is 0. The predicted octanol–water partition coefficient (Wildman–Crippen LogP) is 3.68. The van der Waals surface area contributed by atoms with E-state index < -0.39 is 28.8 Å². The summed E-state index contributed by atoms with van der Waals surface area (Å²) in [6.07, 6.45) is 10.6. The van der Waals surface area contributed by atoms with Crippen LogP contribution in [-0.2, 0) is 19.2 Å². The molecule has 1 aromatic carbocycles. The van der Waals surface area contributed by atoms with Crippen molar-refractivity contribution >= 4 is 29.3 Å². The van der Waals surface area contributed by atoms with Gasteiger partial charge in [-0.05, 0) is 56.6 Å². The first-order valence-corrected chi connectivity index (χ1v) is 15.1. The molecule has 0 aromatic heterocycles. The first-order valence-electron chi connectivity index (χ1n) is 15.1. The van der Waals surface area contributed by atoms with Crippen molar-refractivity contribution in [2.45, 2.75) is 84.3 Å². The number of rotatable bonds is 7. The van der Waals surface area contributed by atoms with Gasteiger partial charge < -0.3 is 20.9 Å². The molecule has 3 N–H and O–H groups in total. The molecular weight excluding hydrogens is 530 g/mol. The zero-order chi connectivity index (χ0) is 30.2. The van der Waals surface area contributed by atoms with Crippen molar-refractivity contribution in [3.05, 3.63) is 53.6 Å². The van der Waals surface area contributed by atoms with Crippen LogP contribution in [0.25, 0.3) is 0 Å². The number of amides is 4. The Kier molecular flexibility index (Phi) is 8.02. The number of para-hydroxylation sites is 1. The van der Waals surface area contributed by atoms with Gasteiger partial charge in [-0.1, -0.05) is 69.2 Å². The largest absolute Gasteiger partial charge is 0.349 e. The Balaban J connectivity index is 1.39. The van der Waals surface area contributed by atoms with E-state index in [4.69, 9.17) is 0 Å². The Morgan fingerprint density at radius 3 is 2.40 bits per heavy atom. The number of fused-ring (bicyclic) bond motifs is 2. The van der Waals surface area contributed by atoms with Gasteiger partial charge in [0.05, 0.1) is 17.5 Å². The minimum Gasteiger partial charge on any atom is -0.349 e. The molecule has 3 fully saturated rings. The molecule has 1 aromatic rings. The Morgan fingerprint density at radius 2 is 1.76 bits per heavy atom. The topological polar surface area (TPSA) is 131 Å². The van der Waals surface area contributed by atoms with Crippen molar-refractivity contribution in [3.8, 4) is 6.07 Å². The molecule has 4 aliphatic rings. The van der Waals surface area contributed by atoms with Crippen molar-refractivity contribution < 1.29 is 19.2 Å². The summed E-state index contributed by atoms with van der Waals surface area (Å²) in [5.74, 6) is -1.44. The lowest BCUT2D eigenvalue weighted by molar-refractivity contribution is -0.145. The van der Waals surface area contributed by atoms with Gasteiger partial charge >= 0.3 is 0 Å². The van der Waals surface area contributed by atoms with Gasteiger partial charge in [-0.25, -0.2) is 0 Å². The van der Waals surface area contributed by atoms with Crippen LogP contribution in [0.15, 0.2) is 42.5 Å². The highest BCUT2D eigenvalue weighted by Crippen LogP contribution is 2.48. The summed E-state index contributed by atoms with van der Waals surface area (Å²) in [6, 6.07) is 6.13. The fourth-order valence-corrected chi connectivity index (χ4v) is 7.38. The third-order valence-electron chi connectivity index (χ3n) is 9.70. The first-order chi connectivity index (χ1) is 20.0. The summed E-state index contributed by atoms with van der Waals surface area (Å²) in [4.78, 5) is 56.7. The van der Waals surface area contributed by atoms with Gasteiger partial charge in [0.25, 0.3) is 0 Å². The maximum Gasteiger partial charge on any atom is 0.246 e. The van der Waals surface area contributed by atoms with E-state index in [1.807, 2.05) is 70.2 Å². The number of hydrogen-bond donors (Lipinski definition) is 3. The molecule has 1 spiro atoms. The van der Waals surface area contributed by atoms with E-state index in [2.05, 4.69) is 22.0 Å². The lowest BCUT2D eigenvalue weighted by Gasteiger charge is -2.33. The minimum atomic E-state index is -1.29. The molecule has 2 saturated heterocycles. The number of allylic oxidation sites excluding steroid dienone is 2. The van der Waals surface area contributed by atoms with Gasteiger partial charge in [-0.3, -0.25) is 19.2 Å². The highest BCUT2D eigenvalue weighted by atomic mass is 16.2. The summed E-state index contributed by atoms with van der Waals surface area (Å²) in [6.45, 7) is 7.88. The molecule has 5 atom stereocenters. The van der Waals surface area contributed by atoms with Crippen molar-refractivity contribution in [3.63, 3.8) is 0 Å². The van der Waals surface area contributed by atoms with Crippen LogP contribution in [0.3, 0.4) is 0 Å². The summed E-state index contributed by atoms with van der Waals surface area (Å²) < 4.78 is 0. The van der Waals surface area contributed by atoms with Gasteiger partial charge in [0.15, 0.2) is 0 Å². The van der Waals surface area contributed by atoms with Crippen LogP contribution < -0.4 is 16.0 Å². The van der Waals surface area contributed by atoms with Gasteiger partial charge in [0.2, 0.25) is 23.6 Å². The standard InChI is InChI=1S/C33H41N5O4/c1-20(2)16-26(28(39)38-19-33(17-23(38)18-34)24-12-5-6-13-25(24)35-31(33)42)36-29(40)32(14-7-8-15-32)30(41)37-27-21(3)10-9-11-22(27)4/h5-6,9-13,20,23-26H,7-8,14-17,19H2,1-4H3,(H,35,42)(H,36,40)(H,37,41)/t23-,24?,25?,26-,33-/m0/s1. The highest BCUT2D eigenvalue weighted by molar-refractivity contribution is 6.12. The molecule has 42 heavy (non-hydrogen) atoms. The Hall–Kier alpha value is -3.93. The number of carbonyl (C=O) groups excluding carboxylic acids is 4. The van der Waals surface area contributed by atoms with Crippen molar-refractivity contribution in [1.82, 2.24) is 15.5 Å². The average Bonchev–Trinajstić information content (AvgIpc) is 3.67. The van der Waals surface area contributed by atoms with E-state index in [-0.39, 0.29) is 48.6 Å². The molecule has 2 unspecified atom stereocenters. The quantitative estimate of drug-likeness (QED) is 0.430. The molecule has 5 rings (SSSR count). The highest BCUT2D eigenvalue weighted by Gasteiger charge is 2.61. The lowest BCUT2D eigenvalue weighted by atomic mass is 9.72. The number of carbonyl (C=O) groups is 4. The second kappa shape index (κ2) is 11.4. The molecule has 0 bridgehead atoms. The number of aryl methyl sites for hydroxylation is 2. The Bertz CT molecular complexity index is 1360. The summed E-state index contributed by atoms with van der Waals surface area (Å²) in [5.41, 5.74) is 0.346. The van der Waals surface area contributed by atoms with Crippen molar-refractivity contribution in [1.29, 1.82) is 5.26 Å². The van der Waals surface area contributed by atoms with E-state index in [0.717, 1.165) is 24.0 Å². The summed E-state index contributed by atoms with van der Waals surface area (Å²) in [5, 5.41) is 19.1. The second-order valence-corrected chi connectivity index (χ2v) is 12.9. The molecule has 222 valence electrons. The molecule has 9 heteroatoms. The van der Waals surface area contributed by atoms with Crippen LogP contribution >= 0.6 is 0 Å². The number of anilines is 1.